The highest BCUT2D eigenvalue weighted by atomic mass is 16.5. The SMILES string of the molecule is CCCCOc1cccc(/C(O)=C2\C(=O)C(=O)N(CCCN(C)C)C2c2ccc(C(C)(C)C)cc2)c1. The Labute approximate surface area is 215 Å². The molecule has 0 bridgehead atoms. The number of hydrogen-bond donors (Lipinski definition) is 1. The van der Waals surface area contributed by atoms with Crippen LogP contribution >= 0.6 is 0 Å². The maximum atomic E-state index is 13.3. The van der Waals surface area contributed by atoms with Gasteiger partial charge in [-0.15, -0.1) is 0 Å². The van der Waals surface area contributed by atoms with Gasteiger partial charge in [-0.2, -0.15) is 0 Å². The van der Waals surface area contributed by atoms with Gasteiger partial charge in [0.2, 0.25) is 0 Å². The number of Topliss-reactive ketones (excluding diaryl/α,β-unsaturated/α-hetero) is 1. The van der Waals surface area contributed by atoms with Crippen LogP contribution in [0.1, 0.15) is 69.7 Å². The number of likely N-dealkylation sites (tertiary alicyclic amines) is 1. The first-order valence-corrected chi connectivity index (χ1v) is 12.8. The fraction of sp³-hybridized carbons (Fsp3) is 0.467. The lowest BCUT2D eigenvalue weighted by atomic mass is 9.85. The quantitative estimate of drug-likeness (QED) is 0.204. The van der Waals surface area contributed by atoms with Crippen molar-refractivity contribution in [2.45, 2.75) is 58.4 Å². The summed E-state index contributed by atoms with van der Waals surface area (Å²) in [5.41, 5.74) is 2.53. The number of nitrogens with zero attached hydrogens (tertiary/aromatic N) is 2. The van der Waals surface area contributed by atoms with E-state index in [9.17, 15) is 14.7 Å². The molecule has 1 amide bonds. The van der Waals surface area contributed by atoms with E-state index in [1.807, 2.05) is 49.3 Å². The van der Waals surface area contributed by atoms with E-state index in [-0.39, 0.29) is 16.7 Å². The molecule has 1 unspecified atom stereocenters. The molecule has 1 aliphatic heterocycles. The maximum absolute atomic E-state index is 13.3. The number of carbonyl (C=O) groups excluding carboxylic acids is 2. The lowest BCUT2D eigenvalue weighted by Gasteiger charge is -2.27. The van der Waals surface area contributed by atoms with Crippen molar-refractivity contribution >= 4 is 17.4 Å². The third-order valence-electron chi connectivity index (χ3n) is 6.51. The number of rotatable bonds is 10. The fourth-order valence-electron chi connectivity index (χ4n) is 4.40. The summed E-state index contributed by atoms with van der Waals surface area (Å²) < 4.78 is 5.80. The molecular weight excluding hydrogens is 452 g/mol. The molecule has 1 atom stereocenters. The van der Waals surface area contributed by atoms with Gasteiger partial charge < -0.3 is 19.6 Å². The molecule has 1 fully saturated rings. The summed E-state index contributed by atoms with van der Waals surface area (Å²) >= 11 is 0. The average molecular weight is 493 g/mol. The van der Waals surface area contributed by atoms with Crippen LogP contribution in [0.2, 0.25) is 0 Å². The number of aliphatic hydroxyl groups is 1. The zero-order valence-electron chi connectivity index (χ0n) is 22.5. The van der Waals surface area contributed by atoms with E-state index in [2.05, 4.69) is 27.7 Å². The van der Waals surface area contributed by atoms with E-state index < -0.39 is 17.7 Å². The minimum absolute atomic E-state index is 0.0235. The molecule has 6 nitrogen and oxygen atoms in total. The number of benzene rings is 2. The van der Waals surface area contributed by atoms with Crippen molar-refractivity contribution in [2.75, 3.05) is 33.8 Å². The Bertz CT molecular complexity index is 1100. The summed E-state index contributed by atoms with van der Waals surface area (Å²) in [5, 5.41) is 11.4. The summed E-state index contributed by atoms with van der Waals surface area (Å²) in [6, 6.07) is 14.4. The molecule has 0 saturated carbocycles. The van der Waals surface area contributed by atoms with Crippen molar-refractivity contribution < 1.29 is 19.4 Å². The van der Waals surface area contributed by atoms with Crippen molar-refractivity contribution in [3.05, 3.63) is 70.8 Å². The number of carbonyl (C=O) groups is 2. The highest BCUT2D eigenvalue weighted by Gasteiger charge is 2.45. The van der Waals surface area contributed by atoms with Gasteiger partial charge in [0.25, 0.3) is 11.7 Å². The third kappa shape index (κ3) is 6.35. The maximum Gasteiger partial charge on any atom is 0.295 e. The molecule has 2 aromatic carbocycles. The molecule has 6 heteroatoms. The Kier molecular flexibility index (Phi) is 8.96. The van der Waals surface area contributed by atoms with Crippen molar-refractivity contribution in [3.63, 3.8) is 0 Å². The lowest BCUT2D eigenvalue weighted by molar-refractivity contribution is -0.139. The van der Waals surface area contributed by atoms with Crippen LogP contribution in [0.15, 0.2) is 54.1 Å². The molecular formula is C30H40N2O4. The molecule has 2 aromatic rings. The Hall–Kier alpha value is -3.12. The number of ketones is 1. The standard InChI is InChI=1S/C30H40N2O4/c1-7-8-19-36-24-12-9-11-22(20-24)27(33)25-26(21-13-15-23(16-14-21)30(2,3)4)32(29(35)28(25)34)18-10-17-31(5)6/h9,11-16,20,26,33H,7-8,10,17-19H2,1-6H3/b27-25+. The predicted octanol–water partition coefficient (Wildman–Crippen LogP) is 5.54. The Balaban J connectivity index is 2.05. The van der Waals surface area contributed by atoms with Gasteiger partial charge in [0.15, 0.2) is 0 Å². The molecule has 194 valence electrons. The second-order valence-corrected chi connectivity index (χ2v) is 10.8. The molecule has 3 rings (SSSR count). The summed E-state index contributed by atoms with van der Waals surface area (Å²) in [4.78, 5) is 30.1. The monoisotopic (exact) mass is 492 g/mol. The average Bonchev–Trinajstić information content (AvgIpc) is 3.08. The van der Waals surface area contributed by atoms with Gasteiger partial charge in [-0.05, 0) is 62.2 Å². The molecule has 1 N–H and O–H groups in total. The van der Waals surface area contributed by atoms with Crippen LogP contribution in [-0.4, -0.2) is 60.4 Å². The molecule has 1 saturated heterocycles. The van der Waals surface area contributed by atoms with Gasteiger partial charge in [-0.25, -0.2) is 0 Å². The van der Waals surface area contributed by atoms with Gasteiger partial charge in [-0.1, -0.05) is 70.5 Å². The van der Waals surface area contributed by atoms with Crippen LogP contribution in [0, 0.1) is 0 Å². The van der Waals surface area contributed by atoms with Gasteiger partial charge in [0, 0.05) is 12.1 Å². The van der Waals surface area contributed by atoms with E-state index >= 15 is 0 Å². The molecule has 1 aliphatic rings. The first-order valence-electron chi connectivity index (χ1n) is 12.8. The second kappa shape index (κ2) is 11.7. The van der Waals surface area contributed by atoms with Gasteiger partial charge in [0.05, 0.1) is 18.2 Å². The minimum Gasteiger partial charge on any atom is -0.507 e. The zero-order chi connectivity index (χ0) is 26.5. The second-order valence-electron chi connectivity index (χ2n) is 10.8. The molecule has 36 heavy (non-hydrogen) atoms. The number of ether oxygens (including phenoxy) is 1. The largest absolute Gasteiger partial charge is 0.507 e. The molecule has 0 aromatic heterocycles. The smallest absolute Gasteiger partial charge is 0.295 e. The van der Waals surface area contributed by atoms with Gasteiger partial charge in [-0.3, -0.25) is 9.59 Å². The van der Waals surface area contributed by atoms with Crippen molar-refractivity contribution in [1.82, 2.24) is 9.80 Å². The van der Waals surface area contributed by atoms with Gasteiger partial charge in [0.1, 0.15) is 11.5 Å². The van der Waals surface area contributed by atoms with Crippen LogP contribution in [0.5, 0.6) is 5.75 Å². The molecule has 0 spiro atoms. The van der Waals surface area contributed by atoms with E-state index in [0.717, 1.165) is 36.9 Å². The highest BCUT2D eigenvalue weighted by Crippen LogP contribution is 2.40. The van der Waals surface area contributed by atoms with Crippen LogP contribution < -0.4 is 4.74 Å². The van der Waals surface area contributed by atoms with E-state index in [0.29, 0.717) is 24.5 Å². The van der Waals surface area contributed by atoms with Crippen LogP contribution in [-0.2, 0) is 15.0 Å². The molecule has 1 heterocycles. The van der Waals surface area contributed by atoms with Crippen LogP contribution in [0.4, 0.5) is 0 Å². The normalized spacial score (nSPS) is 17.8. The number of amides is 1. The van der Waals surface area contributed by atoms with E-state index in [1.165, 1.54) is 0 Å². The summed E-state index contributed by atoms with van der Waals surface area (Å²) in [6.07, 6.45) is 2.67. The van der Waals surface area contributed by atoms with E-state index in [4.69, 9.17) is 4.74 Å². The topological polar surface area (TPSA) is 70.1 Å². The molecule has 0 radical (unpaired) electrons. The van der Waals surface area contributed by atoms with Crippen molar-refractivity contribution in [3.8, 4) is 5.75 Å². The summed E-state index contributed by atoms with van der Waals surface area (Å²) in [5.74, 6) is -0.775. The Morgan fingerprint density at radius 2 is 1.75 bits per heavy atom. The highest BCUT2D eigenvalue weighted by molar-refractivity contribution is 6.46. The molecule has 0 aliphatic carbocycles. The number of hydrogen-bond acceptors (Lipinski definition) is 5. The number of unbranched alkanes of at least 4 members (excludes halogenated alkanes) is 1. The van der Waals surface area contributed by atoms with Gasteiger partial charge >= 0.3 is 0 Å². The third-order valence-corrected chi connectivity index (χ3v) is 6.51. The Morgan fingerprint density at radius 3 is 2.36 bits per heavy atom. The first-order chi connectivity index (χ1) is 17.0. The van der Waals surface area contributed by atoms with Crippen molar-refractivity contribution in [1.29, 1.82) is 0 Å². The van der Waals surface area contributed by atoms with Crippen LogP contribution in [0.25, 0.3) is 5.76 Å². The van der Waals surface area contributed by atoms with Crippen molar-refractivity contribution in [2.24, 2.45) is 0 Å². The summed E-state index contributed by atoms with van der Waals surface area (Å²) in [6.45, 7) is 10.3. The predicted molar refractivity (Wildman–Crippen MR) is 144 cm³/mol. The number of aliphatic hydroxyl groups excluding tert-OH is 1. The fourth-order valence-corrected chi connectivity index (χ4v) is 4.40. The van der Waals surface area contributed by atoms with Crippen LogP contribution in [0.3, 0.4) is 0 Å². The minimum atomic E-state index is -0.653. The van der Waals surface area contributed by atoms with E-state index in [1.54, 1.807) is 23.1 Å². The lowest BCUT2D eigenvalue weighted by Crippen LogP contribution is -2.32. The first kappa shape index (κ1) is 27.5. The zero-order valence-corrected chi connectivity index (χ0v) is 22.5. The Morgan fingerprint density at radius 1 is 1.06 bits per heavy atom. The summed E-state index contributed by atoms with van der Waals surface area (Å²) in [7, 11) is 3.96.